The number of carbonyl (C=O) groups excluding carboxylic acids is 3. The molecule has 2 saturated heterocycles. The minimum atomic E-state index is -0.714. The molecule has 0 saturated carbocycles. The number of nitrogens with zero attached hydrogens (tertiary/aromatic N) is 4. The van der Waals surface area contributed by atoms with Crippen LogP contribution in [0.15, 0.2) is 12.1 Å². The fourth-order valence-corrected chi connectivity index (χ4v) is 4.17. The Labute approximate surface area is 155 Å². The molecule has 1 aromatic rings. The fraction of sp³-hybridized carbons (Fsp3) is 0.562. The average molecular weight is 385 g/mol. The monoisotopic (exact) mass is 384 g/mol. The van der Waals surface area contributed by atoms with Gasteiger partial charge in [0.1, 0.15) is 0 Å². The first-order chi connectivity index (χ1) is 12.0. The van der Waals surface area contributed by atoms with Crippen molar-refractivity contribution in [3.8, 4) is 0 Å². The maximum Gasteiger partial charge on any atom is 0.335 e. The number of carbonyl (C=O) groups is 3. The maximum atomic E-state index is 12.3. The average Bonchev–Trinajstić information content (AvgIpc) is 3.09. The van der Waals surface area contributed by atoms with E-state index in [-0.39, 0.29) is 13.2 Å². The summed E-state index contributed by atoms with van der Waals surface area (Å²) in [5, 5.41) is 0. The molecule has 2 aliphatic heterocycles. The van der Waals surface area contributed by atoms with Crippen LogP contribution in [0.5, 0.6) is 0 Å². The lowest BCUT2D eigenvalue weighted by Crippen LogP contribution is -2.51. The van der Waals surface area contributed by atoms with Crippen molar-refractivity contribution in [1.29, 1.82) is 0 Å². The van der Waals surface area contributed by atoms with Crippen molar-refractivity contribution < 1.29 is 14.4 Å². The molecular formula is C16H21ClN4O3S. The number of amides is 4. The summed E-state index contributed by atoms with van der Waals surface area (Å²) in [5.74, 6) is -1.42. The fourth-order valence-electron chi connectivity index (χ4n) is 3.04. The number of urea groups is 1. The molecule has 136 valence electrons. The Kier molecular flexibility index (Phi) is 5.73. The number of imide groups is 2. The molecule has 2 aliphatic rings. The van der Waals surface area contributed by atoms with Crippen molar-refractivity contribution in [3.63, 3.8) is 0 Å². The van der Waals surface area contributed by atoms with Gasteiger partial charge in [-0.1, -0.05) is 18.5 Å². The summed E-state index contributed by atoms with van der Waals surface area (Å²) in [5.41, 5.74) is 0. The third kappa shape index (κ3) is 4.03. The summed E-state index contributed by atoms with van der Waals surface area (Å²) in [4.78, 5) is 43.9. The van der Waals surface area contributed by atoms with Crippen molar-refractivity contribution in [2.45, 2.75) is 19.9 Å². The van der Waals surface area contributed by atoms with Crippen molar-refractivity contribution in [3.05, 3.63) is 21.3 Å². The molecule has 0 unspecified atom stereocenters. The van der Waals surface area contributed by atoms with E-state index < -0.39 is 17.8 Å². The quantitative estimate of drug-likeness (QED) is 0.551. The van der Waals surface area contributed by atoms with Crippen LogP contribution in [0.25, 0.3) is 0 Å². The highest BCUT2D eigenvalue weighted by Gasteiger charge is 2.44. The topological polar surface area (TPSA) is 64.2 Å². The molecule has 0 bridgehead atoms. The van der Waals surface area contributed by atoms with Crippen LogP contribution in [0.1, 0.15) is 18.2 Å². The standard InChI is InChI=1S/C16H21ClN4O3S/c1-2-5-20-14(22)15(23)21(16(20)24)11-19-8-6-18(7-9-19)10-12-3-4-13(17)25-12/h3-4H,2,5-11H2,1H3. The van der Waals surface area contributed by atoms with Crippen LogP contribution in [-0.2, 0) is 16.1 Å². The Balaban J connectivity index is 1.51. The van der Waals surface area contributed by atoms with E-state index >= 15 is 0 Å². The highest BCUT2D eigenvalue weighted by molar-refractivity contribution is 7.16. The summed E-state index contributed by atoms with van der Waals surface area (Å²) in [7, 11) is 0. The Bertz CT molecular complexity index is 672. The van der Waals surface area contributed by atoms with Gasteiger partial charge in [0.15, 0.2) is 0 Å². The second-order valence-corrected chi connectivity index (χ2v) is 8.01. The molecule has 0 N–H and O–H groups in total. The zero-order valence-corrected chi connectivity index (χ0v) is 15.7. The molecular weight excluding hydrogens is 364 g/mol. The van der Waals surface area contributed by atoms with Gasteiger partial charge in [-0.25, -0.2) is 9.69 Å². The first-order valence-corrected chi connectivity index (χ1v) is 9.55. The SMILES string of the molecule is CCCN1C(=O)C(=O)N(CN2CCN(Cc3ccc(Cl)s3)CC2)C1=O. The van der Waals surface area contributed by atoms with Crippen LogP contribution in [0.3, 0.4) is 0 Å². The highest BCUT2D eigenvalue weighted by Crippen LogP contribution is 2.23. The summed E-state index contributed by atoms with van der Waals surface area (Å²) in [6.07, 6.45) is 0.643. The van der Waals surface area contributed by atoms with Crippen LogP contribution in [-0.4, -0.2) is 76.8 Å². The van der Waals surface area contributed by atoms with Gasteiger partial charge in [-0.3, -0.25) is 24.3 Å². The second kappa shape index (κ2) is 7.82. The molecule has 2 fully saturated rings. The highest BCUT2D eigenvalue weighted by atomic mass is 35.5. The lowest BCUT2D eigenvalue weighted by molar-refractivity contribution is -0.144. The molecule has 1 aromatic heterocycles. The van der Waals surface area contributed by atoms with Gasteiger partial charge in [-0.05, 0) is 18.6 Å². The largest absolute Gasteiger partial charge is 0.335 e. The predicted octanol–water partition coefficient (Wildman–Crippen LogP) is 1.68. The molecule has 0 spiro atoms. The molecule has 0 radical (unpaired) electrons. The predicted molar refractivity (Wildman–Crippen MR) is 95.3 cm³/mol. The Morgan fingerprint density at radius 3 is 2.24 bits per heavy atom. The summed E-state index contributed by atoms with van der Waals surface area (Å²) in [6, 6.07) is 3.45. The van der Waals surface area contributed by atoms with Gasteiger partial charge in [0, 0.05) is 44.1 Å². The number of thiophene rings is 1. The third-order valence-corrected chi connectivity index (χ3v) is 5.61. The minimum absolute atomic E-state index is 0.183. The molecule has 3 heterocycles. The van der Waals surface area contributed by atoms with Gasteiger partial charge < -0.3 is 0 Å². The van der Waals surface area contributed by atoms with E-state index in [9.17, 15) is 14.4 Å². The second-order valence-electron chi connectivity index (χ2n) is 6.21. The van der Waals surface area contributed by atoms with Crippen LogP contribution in [0.2, 0.25) is 4.34 Å². The first kappa shape index (κ1) is 18.3. The van der Waals surface area contributed by atoms with Crippen LogP contribution >= 0.6 is 22.9 Å². The van der Waals surface area contributed by atoms with Gasteiger partial charge in [0.25, 0.3) is 0 Å². The molecule has 25 heavy (non-hydrogen) atoms. The minimum Gasteiger partial charge on any atom is -0.296 e. The zero-order chi connectivity index (χ0) is 18.0. The van der Waals surface area contributed by atoms with E-state index in [1.54, 1.807) is 11.3 Å². The lowest BCUT2D eigenvalue weighted by atomic mass is 10.3. The number of halogens is 1. The van der Waals surface area contributed by atoms with Crippen molar-refractivity contribution in [2.75, 3.05) is 39.4 Å². The lowest BCUT2D eigenvalue weighted by Gasteiger charge is -2.35. The molecule has 4 amide bonds. The van der Waals surface area contributed by atoms with Crippen molar-refractivity contribution in [1.82, 2.24) is 19.6 Å². The molecule has 0 atom stereocenters. The van der Waals surface area contributed by atoms with Gasteiger partial charge in [0.05, 0.1) is 11.0 Å². The Hall–Kier alpha value is -1.48. The number of hydrogen-bond acceptors (Lipinski definition) is 6. The van der Waals surface area contributed by atoms with Crippen LogP contribution in [0.4, 0.5) is 4.79 Å². The van der Waals surface area contributed by atoms with Gasteiger partial charge in [0.2, 0.25) is 0 Å². The third-order valence-electron chi connectivity index (χ3n) is 4.40. The molecule has 9 heteroatoms. The first-order valence-electron chi connectivity index (χ1n) is 8.36. The van der Waals surface area contributed by atoms with Crippen molar-refractivity contribution in [2.24, 2.45) is 0 Å². The number of rotatable bonds is 6. The van der Waals surface area contributed by atoms with E-state index in [0.717, 1.165) is 46.9 Å². The van der Waals surface area contributed by atoms with E-state index in [0.29, 0.717) is 6.42 Å². The van der Waals surface area contributed by atoms with E-state index in [1.165, 1.54) is 4.88 Å². The number of hydrogen-bond donors (Lipinski definition) is 0. The zero-order valence-electron chi connectivity index (χ0n) is 14.1. The smallest absolute Gasteiger partial charge is 0.296 e. The van der Waals surface area contributed by atoms with Gasteiger partial charge >= 0.3 is 17.8 Å². The van der Waals surface area contributed by atoms with Gasteiger partial charge in [-0.15, -0.1) is 11.3 Å². The van der Waals surface area contributed by atoms with Crippen LogP contribution < -0.4 is 0 Å². The molecule has 7 nitrogen and oxygen atoms in total. The molecule has 0 aromatic carbocycles. The Morgan fingerprint density at radius 2 is 1.64 bits per heavy atom. The number of piperazine rings is 1. The summed E-state index contributed by atoms with van der Waals surface area (Å²) >= 11 is 7.54. The molecule has 0 aliphatic carbocycles. The van der Waals surface area contributed by atoms with E-state index in [2.05, 4.69) is 4.90 Å². The maximum absolute atomic E-state index is 12.3. The van der Waals surface area contributed by atoms with Crippen molar-refractivity contribution >= 4 is 40.8 Å². The molecule has 3 rings (SSSR count). The van der Waals surface area contributed by atoms with Crippen LogP contribution in [0, 0.1) is 0 Å². The normalized spacial score (nSPS) is 20.2. The van der Waals surface area contributed by atoms with E-state index in [1.807, 2.05) is 24.0 Å². The van der Waals surface area contributed by atoms with E-state index in [4.69, 9.17) is 11.6 Å². The summed E-state index contributed by atoms with van der Waals surface area (Å²) < 4.78 is 0.793. The summed E-state index contributed by atoms with van der Waals surface area (Å²) in [6.45, 7) is 6.38. The van der Waals surface area contributed by atoms with Gasteiger partial charge in [-0.2, -0.15) is 0 Å². The Morgan fingerprint density at radius 1 is 1.00 bits per heavy atom.